The van der Waals surface area contributed by atoms with Crippen molar-refractivity contribution in [2.75, 3.05) is 31.6 Å². The first-order chi connectivity index (χ1) is 10.0. The van der Waals surface area contributed by atoms with Crippen molar-refractivity contribution in [2.45, 2.75) is 19.3 Å². The van der Waals surface area contributed by atoms with Gasteiger partial charge >= 0.3 is 0 Å². The first-order valence-electron chi connectivity index (χ1n) is 7.06. The number of hydrogen-bond acceptors (Lipinski definition) is 4. The van der Waals surface area contributed by atoms with Crippen LogP contribution in [0.2, 0.25) is 10.0 Å². The number of hydrogen-bond donors (Lipinski definition) is 1. The highest BCUT2D eigenvalue weighted by molar-refractivity contribution is 6.42. The largest absolute Gasteiger partial charge is 0.366 e. The number of piperidine rings is 1. The molecule has 0 radical (unpaired) electrons. The molecule has 1 fully saturated rings. The minimum atomic E-state index is -0.398. The molecule has 116 valence electrons. The van der Waals surface area contributed by atoms with Crippen LogP contribution in [0.1, 0.15) is 19.3 Å². The normalized spacial score (nSPS) is 16.2. The van der Waals surface area contributed by atoms with Gasteiger partial charge in [0.05, 0.1) is 15.0 Å². The summed E-state index contributed by atoms with van der Waals surface area (Å²) in [7, 11) is 1.95. The van der Waals surface area contributed by atoms with E-state index in [9.17, 15) is 10.1 Å². The highest BCUT2D eigenvalue weighted by atomic mass is 35.5. The molecule has 0 aromatic heterocycles. The summed E-state index contributed by atoms with van der Waals surface area (Å²) < 4.78 is 0. The summed E-state index contributed by atoms with van der Waals surface area (Å²) in [4.78, 5) is 12.8. The van der Waals surface area contributed by atoms with Crippen LogP contribution >= 0.6 is 23.2 Å². The monoisotopic (exact) mass is 331 g/mol. The maximum atomic E-state index is 11.2. The van der Waals surface area contributed by atoms with Crippen LogP contribution in [0.4, 0.5) is 11.4 Å². The molecule has 1 saturated heterocycles. The number of benzene rings is 1. The van der Waals surface area contributed by atoms with E-state index in [2.05, 4.69) is 5.32 Å². The van der Waals surface area contributed by atoms with Crippen molar-refractivity contribution >= 4 is 34.6 Å². The first-order valence-corrected chi connectivity index (χ1v) is 7.81. The maximum absolute atomic E-state index is 11.2. The van der Waals surface area contributed by atoms with Gasteiger partial charge in [0.1, 0.15) is 5.69 Å². The molecule has 0 spiro atoms. The summed E-state index contributed by atoms with van der Waals surface area (Å²) >= 11 is 11.9. The van der Waals surface area contributed by atoms with E-state index in [1.165, 1.54) is 6.07 Å². The van der Waals surface area contributed by atoms with Crippen molar-refractivity contribution in [3.8, 4) is 0 Å². The maximum Gasteiger partial charge on any atom is 0.294 e. The summed E-state index contributed by atoms with van der Waals surface area (Å²) in [5.74, 6) is 0.676. The van der Waals surface area contributed by atoms with Gasteiger partial charge in [-0.15, -0.1) is 0 Å². The summed E-state index contributed by atoms with van der Waals surface area (Å²) in [6.45, 7) is 2.64. The number of nitro groups is 1. The quantitative estimate of drug-likeness (QED) is 0.659. The highest BCUT2D eigenvalue weighted by Crippen LogP contribution is 2.38. The Morgan fingerprint density at radius 3 is 2.52 bits per heavy atom. The lowest BCUT2D eigenvalue weighted by atomic mass is 9.93. The SMILES string of the molecule is CNCCC1CCN(c2cc(Cl)c(Cl)cc2[N+](=O)[O-])CC1. The molecule has 0 saturated carbocycles. The van der Waals surface area contributed by atoms with Gasteiger partial charge in [-0.05, 0) is 44.8 Å². The summed E-state index contributed by atoms with van der Waals surface area (Å²) in [5, 5.41) is 14.9. The van der Waals surface area contributed by atoms with E-state index < -0.39 is 4.92 Å². The zero-order valence-electron chi connectivity index (χ0n) is 11.9. The van der Waals surface area contributed by atoms with E-state index in [1.807, 2.05) is 11.9 Å². The Morgan fingerprint density at radius 2 is 1.95 bits per heavy atom. The van der Waals surface area contributed by atoms with E-state index in [0.29, 0.717) is 16.6 Å². The van der Waals surface area contributed by atoms with Crippen LogP contribution in [0, 0.1) is 16.0 Å². The van der Waals surface area contributed by atoms with Crippen molar-refractivity contribution in [3.05, 3.63) is 32.3 Å². The minimum Gasteiger partial charge on any atom is -0.366 e. The third-order valence-electron chi connectivity index (χ3n) is 3.97. The molecule has 5 nitrogen and oxygen atoms in total. The molecule has 1 aromatic rings. The lowest BCUT2D eigenvalue weighted by Crippen LogP contribution is -2.34. The van der Waals surface area contributed by atoms with E-state index >= 15 is 0 Å². The summed E-state index contributed by atoms with van der Waals surface area (Å²) in [5.41, 5.74) is 0.597. The zero-order chi connectivity index (χ0) is 15.4. The van der Waals surface area contributed by atoms with E-state index in [0.717, 1.165) is 38.9 Å². The van der Waals surface area contributed by atoms with Gasteiger partial charge in [0, 0.05) is 19.2 Å². The second-order valence-electron chi connectivity index (χ2n) is 5.33. The predicted octanol–water partition coefficient (Wildman–Crippen LogP) is 3.73. The number of nitrogens with one attached hydrogen (secondary N) is 1. The molecule has 1 N–H and O–H groups in total. The van der Waals surface area contributed by atoms with Crippen LogP contribution < -0.4 is 10.2 Å². The van der Waals surface area contributed by atoms with Gasteiger partial charge in [-0.25, -0.2) is 0 Å². The molecule has 0 atom stereocenters. The summed E-state index contributed by atoms with van der Waals surface area (Å²) in [6, 6.07) is 2.95. The van der Waals surface area contributed by atoms with E-state index in [-0.39, 0.29) is 10.7 Å². The molecule has 1 aliphatic rings. The smallest absolute Gasteiger partial charge is 0.294 e. The van der Waals surface area contributed by atoms with Crippen LogP contribution in [0.3, 0.4) is 0 Å². The van der Waals surface area contributed by atoms with Crippen molar-refractivity contribution < 1.29 is 4.92 Å². The fourth-order valence-corrected chi connectivity index (χ4v) is 3.05. The van der Waals surface area contributed by atoms with Crippen LogP contribution in [0.25, 0.3) is 0 Å². The molecule has 0 amide bonds. The highest BCUT2D eigenvalue weighted by Gasteiger charge is 2.26. The molecule has 0 bridgehead atoms. The Morgan fingerprint density at radius 1 is 1.33 bits per heavy atom. The third kappa shape index (κ3) is 3.99. The van der Waals surface area contributed by atoms with Crippen molar-refractivity contribution in [3.63, 3.8) is 0 Å². The third-order valence-corrected chi connectivity index (χ3v) is 4.69. The van der Waals surface area contributed by atoms with Gasteiger partial charge in [0.2, 0.25) is 0 Å². The van der Waals surface area contributed by atoms with Gasteiger partial charge in [0.15, 0.2) is 0 Å². The molecule has 21 heavy (non-hydrogen) atoms. The Kier molecular flexibility index (Phi) is 5.67. The molecule has 0 aliphatic carbocycles. The molecule has 0 unspecified atom stereocenters. The lowest BCUT2D eigenvalue weighted by Gasteiger charge is -2.33. The van der Waals surface area contributed by atoms with Crippen molar-refractivity contribution in [1.29, 1.82) is 0 Å². The molecular weight excluding hydrogens is 313 g/mol. The molecule has 2 rings (SSSR count). The molecule has 1 aliphatic heterocycles. The number of anilines is 1. The van der Waals surface area contributed by atoms with Crippen LogP contribution in [-0.4, -0.2) is 31.6 Å². The molecule has 1 aromatic carbocycles. The number of nitro benzene ring substituents is 1. The van der Waals surface area contributed by atoms with Crippen LogP contribution in [0.5, 0.6) is 0 Å². The van der Waals surface area contributed by atoms with Gasteiger partial charge in [-0.3, -0.25) is 10.1 Å². The van der Waals surface area contributed by atoms with Crippen LogP contribution in [0.15, 0.2) is 12.1 Å². The zero-order valence-corrected chi connectivity index (χ0v) is 13.5. The topological polar surface area (TPSA) is 58.4 Å². The Bertz CT molecular complexity index is 517. The average Bonchev–Trinajstić information content (AvgIpc) is 2.48. The molecule has 7 heteroatoms. The van der Waals surface area contributed by atoms with Crippen molar-refractivity contribution in [1.82, 2.24) is 5.32 Å². The second-order valence-corrected chi connectivity index (χ2v) is 6.15. The summed E-state index contributed by atoms with van der Waals surface area (Å²) in [6.07, 6.45) is 3.23. The average molecular weight is 332 g/mol. The van der Waals surface area contributed by atoms with Gasteiger partial charge < -0.3 is 10.2 Å². The Hall–Kier alpha value is -1.04. The molecule has 1 heterocycles. The number of rotatable bonds is 5. The fraction of sp³-hybridized carbons (Fsp3) is 0.571. The lowest BCUT2D eigenvalue weighted by molar-refractivity contribution is -0.384. The van der Waals surface area contributed by atoms with Crippen LogP contribution in [-0.2, 0) is 0 Å². The Balaban J connectivity index is 2.12. The molecular formula is C14H19Cl2N3O2. The second kappa shape index (κ2) is 7.29. The minimum absolute atomic E-state index is 0.0260. The number of halogens is 2. The van der Waals surface area contributed by atoms with E-state index in [1.54, 1.807) is 6.07 Å². The van der Waals surface area contributed by atoms with Gasteiger partial charge in [0.25, 0.3) is 5.69 Å². The number of nitrogens with zero attached hydrogens (tertiary/aromatic N) is 2. The first kappa shape index (κ1) is 16.3. The van der Waals surface area contributed by atoms with Crippen molar-refractivity contribution in [2.24, 2.45) is 5.92 Å². The standard InChI is InChI=1S/C14H19Cl2N3O2/c1-17-5-2-10-3-6-18(7-4-10)13-8-11(15)12(16)9-14(13)19(20)21/h8-10,17H,2-7H2,1H3. The predicted molar refractivity (Wildman–Crippen MR) is 86.6 cm³/mol. The van der Waals surface area contributed by atoms with Gasteiger partial charge in [-0.2, -0.15) is 0 Å². The van der Waals surface area contributed by atoms with Gasteiger partial charge in [-0.1, -0.05) is 23.2 Å². The van der Waals surface area contributed by atoms with E-state index in [4.69, 9.17) is 23.2 Å². The Labute approximate surface area is 134 Å². The fourth-order valence-electron chi connectivity index (χ4n) is 2.74.